The van der Waals surface area contributed by atoms with Gasteiger partial charge in [-0.15, -0.1) is 0 Å². The lowest BCUT2D eigenvalue weighted by molar-refractivity contribution is -0.146. The number of carbonyl (C=O) groups is 5. The number of amides is 2. The SMILES string of the molecule is Cc1ncc(C=O)c(CN(CCCCCC(=O)OCc2ccccc2)C(=O)OC(C)(C)C)c1OCc1ccccc1.Cc1ncc(CO)c(CN(CCCCCC(=O)OCc2ccccc2)C(=O)OC(C)(C)C)c1OCc1ccccc1. The van der Waals surface area contributed by atoms with Crippen LogP contribution in [-0.4, -0.2) is 79.6 Å². The number of ether oxygens (including phenoxy) is 6. The molecule has 0 bridgehead atoms. The van der Waals surface area contributed by atoms with Gasteiger partial charge in [-0.2, -0.15) is 0 Å². The van der Waals surface area contributed by atoms with Gasteiger partial charge >= 0.3 is 24.1 Å². The zero-order chi connectivity index (χ0) is 59.3. The summed E-state index contributed by atoms with van der Waals surface area (Å²) in [6.45, 7) is 16.6. The highest BCUT2D eigenvalue weighted by Crippen LogP contribution is 2.31. The van der Waals surface area contributed by atoms with Crippen molar-refractivity contribution in [1.82, 2.24) is 19.8 Å². The van der Waals surface area contributed by atoms with Crippen molar-refractivity contribution in [2.24, 2.45) is 0 Å². The smallest absolute Gasteiger partial charge is 0.410 e. The second kappa shape index (κ2) is 33.6. The van der Waals surface area contributed by atoms with Gasteiger partial charge in [0.25, 0.3) is 0 Å². The Balaban J connectivity index is 0.000000301. The van der Waals surface area contributed by atoms with Crippen LogP contribution in [0.2, 0.25) is 0 Å². The Morgan fingerprint density at radius 1 is 0.500 bits per heavy atom. The number of aromatic nitrogens is 2. The fourth-order valence-corrected chi connectivity index (χ4v) is 8.37. The van der Waals surface area contributed by atoms with Crippen LogP contribution in [0.5, 0.6) is 11.5 Å². The summed E-state index contributed by atoms with van der Waals surface area (Å²) >= 11 is 0. The minimum Gasteiger partial charge on any atom is -0.487 e. The lowest BCUT2D eigenvalue weighted by Crippen LogP contribution is -2.37. The summed E-state index contributed by atoms with van der Waals surface area (Å²) in [6, 6.07) is 38.6. The highest BCUT2D eigenvalue weighted by Gasteiger charge is 2.27. The quantitative estimate of drug-likeness (QED) is 0.0211. The van der Waals surface area contributed by atoms with Crippen LogP contribution >= 0.6 is 0 Å². The first-order valence-corrected chi connectivity index (χ1v) is 28.0. The van der Waals surface area contributed by atoms with Crippen LogP contribution in [0, 0.1) is 13.8 Å². The molecule has 82 heavy (non-hydrogen) atoms. The number of nitrogens with zero attached hydrogens (tertiary/aromatic N) is 4. The molecule has 0 saturated carbocycles. The van der Waals surface area contributed by atoms with Gasteiger partial charge in [-0.3, -0.25) is 24.4 Å². The van der Waals surface area contributed by atoms with Crippen molar-refractivity contribution in [1.29, 1.82) is 0 Å². The molecule has 16 heteroatoms. The number of carbonyl (C=O) groups excluding carboxylic acids is 5. The first kappa shape index (κ1) is 64.7. The van der Waals surface area contributed by atoms with Crippen LogP contribution in [0.15, 0.2) is 134 Å². The van der Waals surface area contributed by atoms with Crippen LogP contribution in [0.1, 0.15) is 154 Å². The number of benzene rings is 4. The number of aliphatic hydroxyl groups excluding tert-OH is 1. The minimum atomic E-state index is -0.688. The van der Waals surface area contributed by atoms with E-state index < -0.39 is 23.4 Å². The Kier molecular flexibility index (Phi) is 26.5. The maximum atomic E-state index is 13.2. The first-order valence-electron chi connectivity index (χ1n) is 28.0. The van der Waals surface area contributed by atoms with E-state index in [-0.39, 0.29) is 44.8 Å². The number of aldehydes is 1. The number of pyridine rings is 2. The van der Waals surface area contributed by atoms with Crippen LogP contribution in [0.4, 0.5) is 9.59 Å². The van der Waals surface area contributed by atoms with Gasteiger partial charge in [0, 0.05) is 60.6 Å². The Morgan fingerprint density at radius 2 is 0.866 bits per heavy atom. The van der Waals surface area contributed by atoms with E-state index in [0.717, 1.165) is 35.0 Å². The third kappa shape index (κ3) is 23.5. The molecule has 16 nitrogen and oxygen atoms in total. The van der Waals surface area contributed by atoms with E-state index in [0.29, 0.717) is 116 Å². The van der Waals surface area contributed by atoms with Crippen LogP contribution in [0.25, 0.3) is 0 Å². The number of hydrogen-bond donors (Lipinski definition) is 1. The van der Waals surface area contributed by atoms with E-state index in [1.807, 2.05) is 177 Å². The molecule has 0 unspecified atom stereocenters. The molecule has 2 heterocycles. The van der Waals surface area contributed by atoms with Gasteiger partial charge in [0.2, 0.25) is 0 Å². The number of aliphatic hydroxyl groups is 1. The Bertz CT molecular complexity index is 2910. The Morgan fingerprint density at radius 3 is 1.24 bits per heavy atom. The molecule has 0 atom stereocenters. The molecule has 1 N–H and O–H groups in total. The lowest BCUT2D eigenvalue weighted by Gasteiger charge is -2.29. The molecule has 0 aliphatic heterocycles. The van der Waals surface area contributed by atoms with E-state index >= 15 is 0 Å². The van der Waals surface area contributed by atoms with Gasteiger partial charge in [0.15, 0.2) is 6.29 Å². The zero-order valence-corrected chi connectivity index (χ0v) is 49.0. The maximum absolute atomic E-state index is 13.2. The largest absolute Gasteiger partial charge is 0.487 e. The summed E-state index contributed by atoms with van der Waals surface area (Å²) in [5, 5.41) is 10.1. The fraction of sp³-hybridized carbons (Fsp3) is 0.409. The lowest BCUT2D eigenvalue weighted by atomic mass is 10.1. The molecule has 0 saturated heterocycles. The maximum Gasteiger partial charge on any atom is 0.410 e. The van der Waals surface area contributed by atoms with Crippen molar-refractivity contribution in [2.75, 3.05) is 13.1 Å². The molecule has 0 spiro atoms. The number of unbranched alkanes of at least 4 members (excludes halogenated alkanes) is 4. The molecule has 2 aromatic heterocycles. The van der Waals surface area contributed by atoms with Crippen molar-refractivity contribution < 1.29 is 57.5 Å². The number of esters is 2. The summed E-state index contributed by atoms with van der Waals surface area (Å²) in [6.07, 6.45) is 7.58. The van der Waals surface area contributed by atoms with Crippen molar-refractivity contribution in [2.45, 2.75) is 164 Å². The highest BCUT2D eigenvalue weighted by molar-refractivity contribution is 5.79. The average Bonchev–Trinajstić information content (AvgIpc) is 3.67. The Hall–Kier alpha value is -8.11. The molecule has 2 amide bonds. The van der Waals surface area contributed by atoms with Gasteiger partial charge in [0.1, 0.15) is 49.1 Å². The minimum absolute atomic E-state index is 0.121. The van der Waals surface area contributed by atoms with Crippen molar-refractivity contribution >= 4 is 30.4 Å². The molecule has 0 aliphatic rings. The molecule has 6 aromatic rings. The number of hydrogen-bond acceptors (Lipinski definition) is 14. The molecule has 0 fully saturated rings. The van der Waals surface area contributed by atoms with Crippen molar-refractivity contribution in [3.8, 4) is 11.5 Å². The monoisotopic (exact) mass is 1120 g/mol. The second-order valence-electron chi connectivity index (χ2n) is 21.8. The molecule has 6 rings (SSSR count). The average molecular weight is 1120 g/mol. The summed E-state index contributed by atoms with van der Waals surface area (Å²) in [4.78, 5) is 74.7. The van der Waals surface area contributed by atoms with Crippen molar-refractivity contribution in [3.63, 3.8) is 0 Å². The topological polar surface area (TPSA) is 193 Å². The van der Waals surface area contributed by atoms with Crippen LogP contribution < -0.4 is 9.47 Å². The summed E-state index contributed by atoms with van der Waals surface area (Å²) in [5.74, 6) is 0.544. The zero-order valence-electron chi connectivity index (χ0n) is 49.0. The molecular weight excluding hydrogens is 1040 g/mol. The molecule has 0 radical (unpaired) electrons. The predicted octanol–water partition coefficient (Wildman–Crippen LogP) is 13.3. The molecular formula is C66H82N4O12. The molecule has 4 aromatic carbocycles. The van der Waals surface area contributed by atoms with Gasteiger partial charge in [-0.1, -0.05) is 134 Å². The summed E-state index contributed by atoms with van der Waals surface area (Å²) in [5.41, 5.74) is 6.04. The summed E-state index contributed by atoms with van der Waals surface area (Å²) in [7, 11) is 0. The van der Waals surface area contributed by atoms with E-state index in [1.54, 1.807) is 16.0 Å². The predicted molar refractivity (Wildman–Crippen MR) is 314 cm³/mol. The summed E-state index contributed by atoms with van der Waals surface area (Å²) < 4.78 is 34.5. The fourth-order valence-electron chi connectivity index (χ4n) is 8.37. The second-order valence-corrected chi connectivity index (χ2v) is 21.8. The Labute approximate surface area is 484 Å². The standard InChI is InChI=1S/C33H42N2O6.C33H40N2O6/c2*1-25-31(40-24-27-16-10-6-11-17-27)29(28(22-36)20-34-25)21-35(32(38)41-33(2,3)4)19-13-7-12-18-30(37)39-23-26-14-8-5-9-15-26/h5-6,8-11,14-17,20,36H,7,12-13,18-19,21-24H2,1-4H3;5-6,8-11,14-17,20,22H,7,12-13,18-19,21,23-24H2,1-4H3. The number of rotatable bonds is 28. The van der Waals surface area contributed by atoms with E-state index in [4.69, 9.17) is 28.4 Å². The van der Waals surface area contributed by atoms with Gasteiger partial charge in [-0.25, -0.2) is 9.59 Å². The van der Waals surface area contributed by atoms with Gasteiger partial charge < -0.3 is 43.3 Å². The highest BCUT2D eigenvalue weighted by atomic mass is 16.6. The number of aryl methyl sites for hydroxylation is 2. The van der Waals surface area contributed by atoms with Crippen molar-refractivity contribution in [3.05, 3.63) is 190 Å². The van der Waals surface area contributed by atoms with E-state index in [9.17, 15) is 29.1 Å². The van der Waals surface area contributed by atoms with Crippen LogP contribution in [0.3, 0.4) is 0 Å². The third-order valence-corrected chi connectivity index (χ3v) is 12.6. The normalized spacial score (nSPS) is 11.1. The third-order valence-electron chi connectivity index (χ3n) is 12.6. The first-order chi connectivity index (χ1) is 39.3. The van der Waals surface area contributed by atoms with E-state index in [2.05, 4.69) is 9.97 Å². The molecule has 0 aliphatic carbocycles. The van der Waals surface area contributed by atoms with Gasteiger partial charge in [-0.05, 0) is 103 Å². The van der Waals surface area contributed by atoms with Gasteiger partial charge in [0.05, 0.1) is 31.1 Å². The van der Waals surface area contributed by atoms with E-state index in [1.165, 1.54) is 6.20 Å². The van der Waals surface area contributed by atoms with Crippen LogP contribution in [-0.2, 0) is 74.7 Å². The molecule has 438 valence electrons.